The number of amides is 1. The van der Waals surface area contributed by atoms with Crippen molar-refractivity contribution in [2.75, 3.05) is 25.1 Å². The quantitative estimate of drug-likeness (QED) is 0.626. The number of carbonyl (C=O) groups is 2. The van der Waals surface area contributed by atoms with Crippen molar-refractivity contribution in [3.05, 3.63) is 28.8 Å². The van der Waals surface area contributed by atoms with Crippen LogP contribution in [0.4, 0.5) is 5.69 Å². The largest absolute Gasteiger partial charge is 0.486 e. The van der Waals surface area contributed by atoms with Gasteiger partial charge in [-0.25, -0.2) is 0 Å². The fourth-order valence-corrected chi connectivity index (χ4v) is 3.03. The highest BCUT2D eigenvalue weighted by Crippen LogP contribution is 2.38. The van der Waals surface area contributed by atoms with Crippen molar-refractivity contribution < 1.29 is 23.8 Å². The summed E-state index contributed by atoms with van der Waals surface area (Å²) in [6.45, 7) is 0.660. The van der Waals surface area contributed by atoms with E-state index in [0.29, 0.717) is 41.3 Å². The number of esters is 1. The second-order valence-electron chi connectivity index (χ2n) is 5.61. The molecule has 7 heteroatoms. The number of carbonyl (C=O) groups excluding carboxylic acids is 2. The minimum atomic E-state index is -0.396. The van der Waals surface area contributed by atoms with E-state index >= 15 is 0 Å². The Balaban J connectivity index is 1.55. The third kappa shape index (κ3) is 4.08. The van der Waals surface area contributed by atoms with Crippen molar-refractivity contribution in [1.29, 1.82) is 0 Å². The van der Waals surface area contributed by atoms with Gasteiger partial charge in [-0.05, 0) is 35.2 Å². The van der Waals surface area contributed by atoms with E-state index in [4.69, 9.17) is 14.2 Å². The Morgan fingerprint density at radius 2 is 1.96 bits per heavy atom. The van der Waals surface area contributed by atoms with Gasteiger partial charge in [-0.3, -0.25) is 9.59 Å². The summed E-state index contributed by atoms with van der Waals surface area (Å²) in [5.74, 6) is 0.334. The zero-order chi connectivity index (χ0) is 16.9. The Bertz CT molecular complexity index is 673. The van der Waals surface area contributed by atoms with E-state index in [9.17, 15) is 9.59 Å². The summed E-state index contributed by atoms with van der Waals surface area (Å²) in [5, 5.41) is 2.71. The number of allylic oxidation sites excluding steroid dienone is 2. The van der Waals surface area contributed by atoms with Gasteiger partial charge < -0.3 is 19.5 Å². The Labute approximate surface area is 148 Å². The maximum atomic E-state index is 12.0. The molecule has 0 fully saturated rings. The minimum Gasteiger partial charge on any atom is -0.486 e. The summed E-state index contributed by atoms with van der Waals surface area (Å²) in [6, 6.07) is 3.43. The molecule has 0 bridgehead atoms. The molecule has 0 saturated carbocycles. The second kappa shape index (κ2) is 7.70. The molecule has 1 aromatic carbocycles. The molecule has 1 aliphatic heterocycles. The Morgan fingerprint density at radius 1 is 1.21 bits per heavy atom. The number of fused-ring (bicyclic) bond motifs is 1. The standard InChI is InChI=1S/C17H18BrNO5/c18-12-8-14-15(23-7-6-22-14)9-13(12)19-16(20)10-24-17(21)11-4-2-1-3-5-11/h1-2,8-9,11H,3-7,10H2,(H,19,20). The molecule has 1 N–H and O–H groups in total. The van der Waals surface area contributed by atoms with Crippen LogP contribution in [0.25, 0.3) is 0 Å². The highest BCUT2D eigenvalue weighted by atomic mass is 79.9. The molecular formula is C17H18BrNO5. The van der Waals surface area contributed by atoms with Crippen LogP contribution in [0.2, 0.25) is 0 Å². The summed E-state index contributed by atoms with van der Waals surface area (Å²) in [4.78, 5) is 24.0. The molecule has 1 amide bonds. The fraction of sp³-hybridized carbons (Fsp3) is 0.412. The average Bonchev–Trinajstić information content (AvgIpc) is 2.61. The van der Waals surface area contributed by atoms with Gasteiger partial charge in [-0.1, -0.05) is 12.2 Å². The molecule has 128 valence electrons. The molecule has 1 atom stereocenters. The van der Waals surface area contributed by atoms with Crippen LogP contribution >= 0.6 is 15.9 Å². The van der Waals surface area contributed by atoms with Gasteiger partial charge in [0.15, 0.2) is 18.1 Å². The first-order valence-corrected chi connectivity index (χ1v) is 8.63. The van der Waals surface area contributed by atoms with Crippen molar-refractivity contribution in [1.82, 2.24) is 0 Å². The van der Waals surface area contributed by atoms with E-state index < -0.39 is 5.91 Å². The number of nitrogens with one attached hydrogen (secondary N) is 1. The zero-order valence-electron chi connectivity index (χ0n) is 13.0. The van der Waals surface area contributed by atoms with Gasteiger partial charge in [0.05, 0.1) is 11.6 Å². The van der Waals surface area contributed by atoms with Crippen LogP contribution in [-0.2, 0) is 14.3 Å². The first kappa shape index (κ1) is 16.8. The highest BCUT2D eigenvalue weighted by molar-refractivity contribution is 9.10. The lowest BCUT2D eigenvalue weighted by Crippen LogP contribution is -2.25. The number of rotatable bonds is 4. The highest BCUT2D eigenvalue weighted by Gasteiger charge is 2.21. The molecule has 1 unspecified atom stereocenters. The maximum Gasteiger partial charge on any atom is 0.309 e. The maximum absolute atomic E-state index is 12.0. The lowest BCUT2D eigenvalue weighted by molar-refractivity contribution is -0.151. The Hall–Kier alpha value is -2.02. The topological polar surface area (TPSA) is 73.9 Å². The molecule has 0 spiro atoms. The second-order valence-corrected chi connectivity index (χ2v) is 6.47. The van der Waals surface area contributed by atoms with Crippen molar-refractivity contribution in [2.45, 2.75) is 19.3 Å². The lowest BCUT2D eigenvalue weighted by Gasteiger charge is -2.20. The van der Waals surface area contributed by atoms with Crippen molar-refractivity contribution >= 4 is 33.5 Å². The molecule has 3 rings (SSSR count). The van der Waals surface area contributed by atoms with Crippen molar-refractivity contribution in [2.24, 2.45) is 5.92 Å². The molecule has 0 radical (unpaired) electrons. The van der Waals surface area contributed by atoms with Gasteiger partial charge in [-0.2, -0.15) is 0 Å². The number of anilines is 1. The Morgan fingerprint density at radius 3 is 2.67 bits per heavy atom. The van der Waals surface area contributed by atoms with Gasteiger partial charge in [0, 0.05) is 16.6 Å². The smallest absolute Gasteiger partial charge is 0.309 e. The van der Waals surface area contributed by atoms with E-state index in [-0.39, 0.29) is 18.5 Å². The van der Waals surface area contributed by atoms with Crippen LogP contribution in [0.15, 0.2) is 28.8 Å². The van der Waals surface area contributed by atoms with Crippen LogP contribution in [0.5, 0.6) is 11.5 Å². The third-order valence-electron chi connectivity index (χ3n) is 3.85. The Kier molecular flexibility index (Phi) is 5.40. The SMILES string of the molecule is O=C(COC(=O)C1CC=CCC1)Nc1cc2c(cc1Br)OCCO2. The summed E-state index contributed by atoms with van der Waals surface area (Å²) >= 11 is 3.38. The molecule has 1 aromatic rings. The number of benzene rings is 1. The van der Waals surface area contributed by atoms with E-state index in [0.717, 1.165) is 12.8 Å². The summed E-state index contributed by atoms with van der Waals surface area (Å²) in [6.07, 6.45) is 6.34. The van der Waals surface area contributed by atoms with Crippen molar-refractivity contribution in [3.63, 3.8) is 0 Å². The predicted octanol–water partition coefficient (Wildman–Crippen LogP) is 3.06. The van der Waals surface area contributed by atoms with Gasteiger partial charge >= 0.3 is 5.97 Å². The minimum absolute atomic E-state index is 0.149. The van der Waals surface area contributed by atoms with Crippen LogP contribution in [-0.4, -0.2) is 31.7 Å². The molecule has 2 aliphatic rings. The van der Waals surface area contributed by atoms with Crippen LogP contribution in [0, 0.1) is 5.92 Å². The predicted molar refractivity (Wildman–Crippen MR) is 91.2 cm³/mol. The van der Waals surface area contributed by atoms with Gasteiger partial charge in [0.1, 0.15) is 13.2 Å². The molecular weight excluding hydrogens is 378 g/mol. The molecule has 0 saturated heterocycles. The average molecular weight is 396 g/mol. The first-order valence-electron chi connectivity index (χ1n) is 7.84. The number of halogens is 1. The van der Waals surface area contributed by atoms with Crippen LogP contribution < -0.4 is 14.8 Å². The molecule has 24 heavy (non-hydrogen) atoms. The summed E-state index contributed by atoms with van der Waals surface area (Å²) in [5.41, 5.74) is 0.542. The van der Waals surface area contributed by atoms with Crippen molar-refractivity contribution in [3.8, 4) is 11.5 Å². The zero-order valence-corrected chi connectivity index (χ0v) is 14.6. The molecule has 6 nitrogen and oxygen atoms in total. The molecule has 1 aliphatic carbocycles. The van der Waals surface area contributed by atoms with Gasteiger partial charge in [-0.15, -0.1) is 0 Å². The van der Waals surface area contributed by atoms with E-state index in [1.54, 1.807) is 12.1 Å². The van der Waals surface area contributed by atoms with E-state index in [1.165, 1.54) is 0 Å². The first-order chi connectivity index (χ1) is 11.6. The van der Waals surface area contributed by atoms with Gasteiger partial charge in [0.2, 0.25) is 0 Å². The normalized spacial score (nSPS) is 18.8. The summed E-state index contributed by atoms with van der Waals surface area (Å²) < 4.78 is 16.7. The van der Waals surface area contributed by atoms with Crippen LogP contribution in [0.1, 0.15) is 19.3 Å². The fourth-order valence-electron chi connectivity index (χ4n) is 2.61. The van der Waals surface area contributed by atoms with E-state index in [1.807, 2.05) is 6.08 Å². The van der Waals surface area contributed by atoms with Gasteiger partial charge in [0.25, 0.3) is 5.91 Å². The molecule has 0 aromatic heterocycles. The number of hydrogen-bond donors (Lipinski definition) is 1. The third-order valence-corrected chi connectivity index (χ3v) is 4.51. The van der Waals surface area contributed by atoms with Crippen LogP contribution in [0.3, 0.4) is 0 Å². The number of ether oxygens (including phenoxy) is 3. The monoisotopic (exact) mass is 395 g/mol. The number of hydrogen-bond acceptors (Lipinski definition) is 5. The lowest BCUT2D eigenvalue weighted by atomic mass is 9.95. The summed E-state index contributed by atoms with van der Waals surface area (Å²) in [7, 11) is 0. The van der Waals surface area contributed by atoms with E-state index in [2.05, 4.69) is 27.3 Å². The molecule has 1 heterocycles.